The van der Waals surface area contributed by atoms with Gasteiger partial charge in [-0.1, -0.05) is 6.07 Å². The molecule has 2 fully saturated rings. The summed E-state index contributed by atoms with van der Waals surface area (Å²) in [5.74, 6) is 0.767. The summed E-state index contributed by atoms with van der Waals surface area (Å²) in [5.41, 5.74) is 0.930. The first kappa shape index (κ1) is 10.3. The molecule has 2 heteroatoms. The van der Waals surface area contributed by atoms with Gasteiger partial charge in [0.15, 0.2) is 0 Å². The van der Waals surface area contributed by atoms with Crippen LogP contribution in [0, 0.1) is 24.6 Å². The lowest BCUT2D eigenvalue weighted by Gasteiger charge is -2.33. The van der Waals surface area contributed by atoms with Gasteiger partial charge in [-0.2, -0.15) is 0 Å². The van der Waals surface area contributed by atoms with E-state index in [0.717, 1.165) is 30.4 Å². The van der Waals surface area contributed by atoms with Crippen LogP contribution >= 0.6 is 0 Å². The number of fused-ring (bicyclic) bond motifs is 2. The highest BCUT2D eigenvalue weighted by molar-refractivity contribution is 5.31. The molecule has 0 amide bonds. The smallest absolute Gasteiger partial charge is 0.123 e. The summed E-state index contributed by atoms with van der Waals surface area (Å²) in [6, 6.07) is 4.96. The second-order valence-electron chi connectivity index (χ2n) is 5.52. The number of hydrogen-bond donors (Lipinski definition) is 1. The molecule has 16 heavy (non-hydrogen) atoms. The van der Waals surface area contributed by atoms with Crippen molar-refractivity contribution in [3.8, 4) is 0 Å². The fraction of sp³-hybridized carbons (Fsp3) is 0.571. The Labute approximate surface area is 95.3 Å². The number of rotatable bonds is 1. The van der Waals surface area contributed by atoms with Crippen molar-refractivity contribution in [2.45, 2.75) is 38.2 Å². The van der Waals surface area contributed by atoms with E-state index in [9.17, 15) is 9.50 Å². The molecule has 2 aliphatic carbocycles. The predicted octanol–water partition coefficient (Wildman–Crippen LogP) is 3.14. The number of benzene rings is 1. The zero-order valence-corrected chi connectivity index (χ0v) is 9.54. The molecule has 3 unspecified atom stereocenters. The lowest BCUT2D eigenvalue weighted by molar-refractivity contribution is -0.0185. The molecule has 1 aromatic carbocycles. The van der Waals surface area contributed by atoms with Crippen LogP contribution in [0.1, 0.15) is 36.8 Å². The highest BCUT2D eigenvalue weighted by Crippen LogP contribution is 2.55. The Kier molecular flexibility index (Phi) is 2.12. The molecule has 2 bridgehead atoms. The molecule has 0 spiro atoms. The Bertz CT molecular complexity index is 408. The fourth-order valence-electron chi connectivity index (χ4n) is 3.64. The first-order valence-electron chi connectivity index (χ1n) is 6.08. The monoisotopic (exact) mass is 220 g/mol. The van der Waals surface area contributed by atoms with Crippen molar-refractivity contribution in [2.24, 2.45) is 11.8 Å². The van der Waals surface area contributed by atoms with E-state index >= 15 is 0 Å². The van der Waals surface area contributed by atoms with Gasteiger partial charge in [0.25, 0.3) is 0 Å². The predicted molar refractivity (Wildman–Crippen MR) is 60.5 cm³/mol. The minimum absolute atomic E-state index is 0.230. The molecule has 1 N–H and O–H groups in total. The summed E-state index contributed by atoms with van der Waals surface area (Å²) in [6.45, 7) is 1.88. The third kappa shape index (κ3) is 1.40. The van der Waals surface area contributed by atoms with Crippen molar-refractivity contribution in [1.29, 1.82) is 0 Å². The number of aryl methyl sites for hydroxylation is 1. The molecule has 0 saturated heterocycles. The molecule has 0 aromatic heterocycles. The Hall–Kier alpha value is -0.890. The van der Waals surface area contributed by atoms with E-state index in [1.54, 1.807) is 0 Å². The van der Waals surface area contributed by atoms with Gasteiger partial charge in [0.05, 0.1) is 5.60 Å². The SMILES string of the molecule is Cc1cc(F)cc(C2(O)CC3CCC2C3)c1. The molecule has 2 aliphatic rings. The van der Waals surface area contributed by atoms with E-state index < -0.39 is 5.60 Å². The molecule has 3 rings (SSSR count). The average molecular weight is 220 g/mol. The second kappa shape index (κ2) is 3.30. The number of halogens is 1. The lowest BCUT2D eigenvalue weighted by atomic mass is 9.78. The summed E-state index contributed by atoms with van der Waals surface area (Å²) in [4.78, 5) is 0. The summed E-state index contributed by atoms with van der Waals surface area (Å²) in [5, 5.41) is 10.7. The van der Waals surface area contributed by atoms with Crippen LogP contribution in [0.5, 0.6) is 0 Å². The summed E-state index contributed by atoms with van der Waals surface area (Å²) in [7, 11) is 0. The molecule has 2 saturated carbocycles. The summed E-state index contributed by atoms with van der Waals surface area (Å²) < 4.78 is 13.4. The van der Waals surface area contributed by atoms with Crippen LogP contribution in [0.4, 0.5) is 4.39 Å². The third-order valence-corrected chi connectivity index (χ3v) is 4.36. The lowest BCUT2D eigenvalue weighted by Crippen LogP contribution is -2.32. The third-order valence-electron chi connectivity index (χ3n) is 4.36. The highest BCUT2D eigenvalue weighted by atomic mass is 19.1. The van der Waals surface area contributed by atoms with Crippen LogP contribution in [0.25, 0.3) is 0 Å². The minimum Gasteiger partial charge on any atom is -0.385 e. The van der Waals surface area contributed by atoms with Gasteiger partial charge in [-0.25, -0.2) is 4.39 Å². The zero-order valence-electron chi connectivity index (χ0n) is 9.54. The van der Waals surface area contributed by atoms with E-state index in [1.807, 2.05) is 13.0 Å². The first-order chi connectivity index (χ1) is 7.58. The Balaban J connectivity index is 2.03. The van der Waals surface area contributed by atoms with E-state index in [2.05, 4.69) is 0 Å². The molecule has 0 aliphatic heterocycles. The van der Waals surface area contributed by atoms with Crippen molar-refractivity contribution in [1.82, 2.24) is 0 Å². The van der Waals surface area contributed by atoms with Crippen molar-refractivity contribution >= 4 is 0 Å². The summed E-state index contributed by atoms with van der Waals surface area (Å²) in [6.07, 6.45) is 4.27. The standard InChI is InChI=1S/C14H17FO/c1-9-4-12(7-13(15)5-9)14(16)8-10-2-3-11(14)6-10/h4-5,7,10-11,16H,2-3,6,8H2,1H3. The molecular formula is C14H17FO. The van der Waals surface area contributed by atoms with Gasteiger partial charge >= 0.3 is 0 Å². The van der Waals surface area contributed by atoms with Crippen molar-refractivity contribution in [3.05, 3.63) is 35.1 Å². The Morgan fingerprint density at radius 2 is 2.12 bits per heavy atom. The number of aliphatic hydroxyl groups is 1. The zero-order chi connectivity index (χ0) is 11.3. The van der Waals surface area contributed by atoms with Gasteiger partial charge in [-0.05, 0) is 67.7 Å². The first-order valence-corrected chi connectivity index (χ1v) is 6.08. The Morgan fingerprint density at radius 3 is 2.69 bits per heavy atom. The summed E-state index contributed by atoms with van der Waals surface area (Å²) >= 11 is 0. The van der Waals surface area contributed by atoms with Crippen molar-refractivity contribution in [3.63, 3.8) is 0 Å². The van der Waals surface area contributed by atoms with E-state index in [1.165, 1.54) is 18.6 Å². The maximum Gasteiger partial charge on any atom is 0.123 e. The van der Waals surface area contributed by atoms with Gasteiger partial charge in [-0.15, -0.1) is 0 Å². The fourth-order valence-corrected chi connectivity index (χ4v) is 3.64. The molecule has 1 aromatic rings. The molecule has 0 heterocycles. The van der Waals surface area contributed by atoms with Crippen molar-refractivity contribution < 1.29 is 9.50 Å². The quantitative estimate of drug-likeness (QED) is 0.771. The van der Waals surface area contributed by atoms with Gasteiger partial charge < -0.3 is 5.11 Å². The molecule has 1 nitrogen and oxygen atoms in total. The van der Waals surface area contributed by atoms with E-state index in [-0.39, 0.29) is 5.82 Å². The van der Waals surface area contributed by atoms with Gasteiger partial charge in [0.2, 0.25) is 0 Å². The molecule has 86 valence electrons. The van der Waals surface area contributed by atoms with Gasteiger partial charge in [0, 0.05) is 0 Å². The minimum atomic E-state index is -0.754. The van der Waals surface area contributed by atoms with E-state index in [0.29, 0.717) is 11.8 Å². The van der Waals surface area contributed by atoms with Crippen LogP contribution in [-0.2, 0) is 5.60 Å². The van der Waals surface area contributed by atoms with Gasteiger partial charge in [-0.3, -0.25) is 0 Å². The normalized spacial score (nSPS) is 36.9. The second-order valence-corrected chi connectivity index (χ2v) is 5.52. The van der Waals surface area contributed by atoms with Crippen molar-refractivity contribution in [2.75, 3.05) is 0 Å². The van der Waals surface area contributed by atoms with Crippen LogP contribution in [0.15, 0.2) is 18.2 Å². The Morgan fingerprint density at radius 1 is 1.31 bits per heavy atom. The molecule has 3 atom stereocenters. The molecular weight excluding hydrogens is 203 g/mol. The topological polar surface area (TPSA) is 20.2 Å². The van der Waals surface area contributed by atoms with Crippen LogP contribution < -0.4 is 0 Å². The largest absolute Gasteiger partial charge is 0.385 e. The van der Waals surface area contributed by atoms with Crippen LogP contribution in [0.2, 0.25) is 0 Å². The number of hydrogen-bond acceptors (Lipinski definition) is 1. The van der Waals surface area contributed by atoms with E-state index in [4.69, 9.17) is 0 Å². The maximum absolute atomic E-state index is 13.4. The molecule has 0 radical (unpaired) electrons. The van der Waals surface area contributed by atoms with Crippen LogP contribution in [-0.4, -0.2) is 5.11 Å². The average Bonchev–Trinajstić information content (AvgIpc) is 2.76. The van der Waals surface area contributed by atoms with Gasteiger partial charge in [0.1, 0.15) is 5.82 Å². The van der Waals surface area contributed by atoms with Crippen LogP contribution in [0.3, 0.4) is 0 Å². The maximum atomic E-state index is 13.4. The highest BCUT2D eigenvalue weighted by Gasteiger charge is 2.50.